The maximum atomic E-state index is 14.4. The molecule has 0 radical (unpaired) electrons. The van der Waals surface area contributed by atoms with Crippen LogP contribution in [0.1, 0.15) is 36.1 Å². The van der Waals surface area contributed by atoms with Crippen molar-refractivity contribution in [2.75, 3.05) is 26.2 Å². The first-order valence-corrected chi connectivity index (χ1v) is 10.8. The number of aliphatic hydroxyl groups is 1. The van der Waals surface area contributed by atoms with Crippen LogP contribution in [0.15, 0.2) is 36.4 Å². The molecule has 1 fully saturated rings. The van der Waals surface area contributed by atoms with Crippen molar-refractivity contribution in [3.8, 4) is 11.1 Å². The lowest BCUT2D eigenvalue weighted by molar-refractivity contribution is -0.364. The topological polar surface area (TPSA) is 43.8 Å². The Labute approximate surface area is 188 Å². The van der Waals surface area contributed by atoms with Crippen LogP contribution in [-0.4, -0.2) is 53.2 Å². The number of aryl methyl sites for hydroxylation is 1. The molecule has 9 heteroatoms. The van der Waals surface area contributed by atoms with Gasteiger partial charge in [-0.05, 0) is 34.7 Å². The molecule has 4 nitrogen and oxygen atoms in total. The van der Waals surface area contributed by atoms with Crippen LogP contribution in [0, 0.1) is 0 Å². The maximum Gasteiger partial charge on any atom is 0.427 e. The highest BCUT2D eigenvalue weighted by molar-refractivity contribution is 5.73. The molecule has 178 valence electrons. The molecular weight excluding hydrogens is 443 g/mol. The summed E-state index contributed by atoms with van der Waals surface area (Å²) in [6.07, 6.45) is -4.86. The third kappa shape index (κ3) is 3.71. The summed E-state index contributed by atoms with van der Waals surface area (Å²) < 4.78 is 68.1. The molecule has 1 N–H and O–H groups in total. The average Bonchev–Trinajstić information content (AvgIpc) is 2.77. The molecule has 2 aliphatic rings. The molecule has 0 aromatic heterocycles. The first-order chi connectivity index (χ1) is 15.4. The smallest absolute Gasteiger partial charge is 0.371 e. The number of carbonyl (C=O) groups excluding carboxylic acids is 1. The number of halogens is 5. The van der Waals surface area contributed by atoms with Gasteiger partial charge in [0.25, 0.3) is 5.60 Å². The first kappa shape index (κ1) is 23.6. The Hall–Kier alpha value is -2.52. The number of hydrogen-bond donors (Lipinski definition) is 1. The minimum Gasteiger partial charge on any atom is -0.371 e. The molecule has 1 amide bonds. The van der Waals surface area contributed by atoms with E-state index in [-0.39, 0.29) is 5.91 Å². The van der Waals surface area contributed by atoms with Gasteiger partial charge < -0.3 is 10.0 Å². The highest BCUT2D eigenvalue weighted by atomic mass is 19.4. The zero-order valence-corrected chi connectivity index (χ0v) is 18.3. The highest BCUT2D eigenvalue weighted by Gasteiger charge is 2.78. The zero-order chi connectivity index (χ0) is 24.2. The monoisotopic (exact) mass is 468 g/mol. The molecule has 1 unspecified atom stereocenters. The first-order valence-electron chi connectivity index (χ1n) is 10.8. The van der Waals surface area contributed by atoms with Gasteiger partial charge in [-0.2, -0.15) is 22.0 Å². The maximum absolute atomic E-state index is 14.4. The van der Waals surface area contributed by atoms with Crippen molar-refractivity contribution in [1.82, 2.24) is 9.80 Å². The zero-order valence-electron chi connectivity index (χ0n) is 18.3. The Morgan fingerprint density at radius 2 is 1.70 bits per heavy atom. The Morgan fingerprint density at radius 1 is 1.03 bits per heavy atom. The predicted octanol–water partition coefficient (Wildman–Crippen LogP) is 4.44. The van der Waals surface area contributed by atoms with Gasteiger partial charge in [-0.3, -0.25) is 9.69 Å². The number of rotatable bonds is 4. The van der Waals surface area contributed by atoms with Crippen LogP contribution in [0.3, 0.4) is 0 Å². The standard InChI is InChI=1S/C24H25F5N2O2/c1-3-17-12-16(14-30-8-10-31(11-9-30)15(2)32)4-6-19(17)18-5-7-20-21(13-18)23(25,26)22(20,33)24(27,28)29/h4-7,12-13,33H,3,8-11,14H2,1-2H3. The third-order valence-corrected chi connectivity index (χ3v) is 6.70. The fourth-order valence-electron chi connectivity index (χ4n) is 4.72. The molecule has 0 spiro atoms. The largest absolute Gasteiger partial charge is 0.427 e. The van der Waals surface area contributed by atoms with Crippen LogP contribution in [0.2, 0.25) is 0 Å². The second-order valence-electron chi connectivity index (χ2n) is 8.67. The van der Waals surface area contributed by atoms with Gasteiger partial charge in [-0.1, -0.05) is 37.3 Å². The Morgan fingerprint density at radius 3 is 2.27 bits per heavy atom. The van der Waals surface area contributed by atoms with E-state index >= 15 is 0 Å². The van der Waals surface area contributed by atoms with E-state index in [1.54, 1.807) is 17.9 Å². The molecule has 1 saturated heterocycles. The van der Waals surface area contributed by atoms with Gasteiger partial charge >= 0.3 is 12.1 Å². The number of hydrogen-bond acceptors (Lipinski definition) is 3. The molecule has 4 rings (SSSR count). The van der Waals surface area contributed by atoms with E-state index in [0.29, 0.717) is 37.2 Å². The molecule has 1 aliphatic heterocycles. The van der Waals surface area contributed by atoms with E-state index in [1.165, 1.54) is 6.07 Å². The molecule has 2 aromatic rings. The normalized spacial score (nSPS) is 22.6. The molecule has 33 heavy (non-hydrogen) atoms. The van der Waals surface area contributed by atoms with Crippen LogP contribution in [0.5, 0.6) is 0 Å². The SMILES string of the molecule is CCc1cc(CN2CCN(C(C)=O)CC2)ccc1-c1ccc2c(c1)C(F)(F)C2(O)C(F)(F)F. The van der Waals surface area contributed by atoms with E-state index < -0.39 is 28.8 Å². The summed E-state index contributed by atoms with van der Waals surface area (Å²) in [7, 11) is 0. The molecule has 1 heterocycles. The highest BCUT2D eigenvalue weighted by Crippen LogP contribution is 2.63. The lowest BCUT2D eigenvalue weighted by atomic mass is 9.68. The van der Waals surface area contributed by atoms with Crippen LogP contribution >= 0.6 is 0 Å². The van der Waals surface area contributed by atoms with Crippen molar-refractivity contribution in [2.24, 2.45) is 0 Å². The number of amides is 1. The van der Waals surface area contributed by atoms with Crippen molar-refractivity contribution in [2.45, 2.75) is 44.5 Å². The van der Waals surface area contributed by atoms with Crippen molar-refractivity contribution < 1.29 is 31.9 Å². The second-order valence-corrected chi connectivity index (χ2v) is 8.67. The number of nitrogens with zero attached hydrogens (tertiary/aromatic N) is 2. The van der Waals surface area contributed by atoms with Crippen LogP contribution in [-0.2, 0) is 29.3 Å². The number of carbonyl (C=O) groups is 1. The molecule has 0 bridgehead atoms. The number of benzene rings is 2. The number of fused-ring (bicyclic) bond motifs is 1. The van der Waals surface area contributed by atoms with Gasteiger partial charge in [0, 0.05) is 50.8 Å². The summed E-state index contributed by atoms with van der Waals surface area (Å²) in [5.41, 5.74) is -2.77. The summed E-state index contributed by atoms with van der Waals surface area (Å²) in [4.78, 5) is 15.5. The summed E-state index contributed by atoms with van der Waals surface area (Å²) in [5, 5.41) is 9.73. The predicted molar refractivity (Wildman–Crippen MR) is 113 cm³/mol. The van der Waals surface area contributed by atoms with Crippen molar-refractivity contribution >= 4 is 5.91 Å². The minimum absolute atomic E-state index is 0.0602. The van der Waals surface area contributed by atoms with Crippen LogP contribution in [0.25, 0.3) is 11.1 Å². The quantitative estimate of drug-likeness (QED) is 0.675. The van der Waals surface area contributed by atoms with Gasteiger partial charge in [0.1, 0.15) is 0 Å². The summed E-state index contributed by atoms with van der Waals surface area (Å²) >= 11 is 0. The van der Waals surface area contributed by atoms with E-state index in [4.69, 9.17) is 0 Å². The lowest BCUT2D eigenvalue weighted by Gasteiger charge is -2.47. The Balaban J connectivity index is 1.57. The Bertz CT molecular complexity index is 1080. The fraction of sp³-hybridized carbons (Fsp3) is 0.458. The van der Waals surface area contributed by atoms with E-state index in [2.05, 4.69) is 4.90 Å². The second kappa shape index (κ2) is 8.06. The average molecular weight is 468 g/mol. The molecule has 0 saturated carbocycles. The van der Waals surface area contributed by atoms with Crippen molar-refractivity contribution in [3.05, 3.63) is 58.7 Å². The van der Waals surface area contributed by atoms with Gasteiger partial charge in [-0.15, -0.1) is 0 Å². The Kier molecular flexibility index (Phi) is 5.77. The van der Waals surface area contributed by atoms with Gasteiger partial charge in [0.2, 0.25) is 5.91 Å². The molecule has 1 atom stereocenters. The molecule has 2 aromatic carbocycles. The van der Waals surface area contributed by atoms with Crippen molar-refractivity contribution in [1.29, 1.82) is 0 Å². The molecule has 1 aliphatic carbocycles. The third-order valence-electron chi connectivity index (χ3n) is 6.70. The van der Waals surface area contributed by atoms with E-state index in [0.717, 1.165) is 36.3 Å². The van der Waals surface area contributed by atoms with Crippen LogP contribution < -0.4 is 0 Å². The summed E-state index contributed by atoms with van der Waals surface area (Å²) in [6, 6.07) is 9.00. The van der Waals surface area contributed by atoms with Gasteiger partial charge in [0.15, 0.2) is 0 Å². The summed E-state index contributed by atoms with van der Waals surface area (Å²) in [5.74, 6) is -4.35. The van der Waals surface area contributed by atoms with Crippen molar-refractivity contribution in [3.63, 3.8) is 0 Å². The summed E-state index contributed by atoms with van der Waals surface area (Å²) in [6.45, 7) is 7.00. The molecular formula is C24H25F5N2O2. The minimum atomic E-state index is -5.48. The lowest BCUT2D eigenvalue weighted by Crippen LogP contribution is -2.62. The number of alkyl halides is 5. The number of piperazine rings is 1. The van der Waals surface area contributed by atoms with E-state index in [1.807, 2.05) is 19.1 Å². The fourth-order valence-corrected chi connectivity index (χ4v) is 4.72. The van der Waals surface area contributed by atoms with E-state index in [9.17, 15) is 31.9 Å². The van der Waals surface area contributed by atoms with Crippen LogP contribution in [0.4, 0.5) is 22.0 Å². The van der Waals surface area contributed by atoms with Gasteiger partial charge in [0.05, 0.1) is 0 Å². The van der Waals surface area contributed by atoms with Gasteiger partial charge in [-0.25, -0.2) is 0 Å².